The summed E-state index contributed by atoms with van der Waals surface area (Å²) >= 11 is 0. The number of rotatable bonds is 6. The van der Waals surface area contributed by atoms with E-state index in [1.807, 2.05) is 35.2 Å². The quantitative estimate of drug-likeness (QED) is 0.802. The number of aromatic amines is 1. The summed E-state index contributed by atoms with van der Waals surface area (Å²) in [7, 11) is 0. The topological polar surface area (TPSA) is 48.1 Å². The van der Waals surface area contributed by atoms with Gasteiger partial charge in [0.25, 0.3) is 5.91 Å². The number of carbonyl (C=O) groups is 1. The first-order valence-electron chi connectivity index (χ1n) is 7.88. The average molecular weight is 285 g/mol. The van der Waals surface area contributed by atoms with Crippen molar-refractivity contribution in [3.05, 3.63) is 36.0 Å². The highest BCUT2D eigenvalue weighted by atomic mass is 16.2. The van der Waals surface area contributed by atoms with Crippen LogP contribution in [-0.2, 0) is 0 Å². The number of nitrogens with one attached hydrogen (secondary N) is 2. The SMILES string of the molecule is CCCCCNC1CN(C(=O)c2cc3ccccc3[nH]2)C1. The lowest BCUT2D eigenvalue weighted by Crippen LogP contribution is -2.60. The second kappa shape index (κ2) is 6.31. The Kier molecular flexibility index (Phi) is 4.25. The van der Waals surface area contributed by atoms with Crippen molar-refractivity contribution >= 4 is 16.8 Å². The summed E-state index contributed by atoms with van der Waals surface area (Å²) in [6.45, 7) is 4.91. The molecular weight excluding hydrogens is 262 g/mol. The molecule has 0 radical (unpaired) electrons. The molecule has 4 nitrogen and oxygen atoms in total. The van der Waals surface area contributed by atoms with Crippen molar-refractivity contribution in [1.29, 1.82) is 0 Å². The van der Waals surface area contributed by atoms with E-state index in [9.17, 15) is 4.79 Å². The number of hydrogen-bond acceptors (Lipinski definition) is 2. The van der Waals surface area contributed by atoms with Crippen molar-refractivity contribution in [2.75, 3.05) is 19.6 Å². The molecule has 21 heavy (non-hydrogen) atoms. The van der Waals surface area contributed by atoms with E-state index < -0.39 is 0 Å². The van der Waals surface area contributed by atoms with Crippen LogP contribution in [-0.4, -0.2) is 41.5 Å². The highest BCUT2D eigenvalue weighted by Crippen LogP contribution is 2.18. The zero-order chi connectivity index (χ0) is 14.7. The molecule has 0 bridgehead atoms. The summed E-state index contributed by atoms with van der Waals surface area (Å²) < 4.78 is 0. The van der Waals surface area contributed by atoms with E-state index in [0.29, 0.717) is 11.7 Å². The van der Waals surface area contributed by atoms with Crippen molar-refractivity contribution in [1.82, 2.24) is 15.2 Å². The van der Waals surface area contributed by atoms with E-state index >= 15 is 0 Å². The molecule has 1 amide bonds. The van der Waals surface area contributed by atoms with Gasteiger partial charge in [-0.1, -0.05) is 38.0 Å². The van der Waals surface area contributed by atoms with Crippen LogP contribution in [0, 0.1) is 0 Å². The highest BCUT2D eigenvalue weighted by Gasteiger charge is 2.31. The van der Waals surface area contributed by atoms with Crippen LogP contribution in [0.3, 0.4) is 0 Å². The van der Waals surface area contributed by atoms with Gasteiger partial charge in [0.2, 0.25) is 0 Å². The van der Waals surface area contributed by atoms with Gasteiger partial charge in [0.05, 0.1) is 0 Å². The predicted molar refractivity (Wildman–Crippen MR) is 85.5 cm³/mol. The van der Waals surface area contributed by atoms with Gasteiger partial charge in [0.15, 0.2) is 0 Å². The number of benzene rings is 1. The monoisotopic (exact) mass is 285 g/mol. The number of unbranched alkanes of at least 4 members (excludes halogenated alkanes) is 2. The van der Waals surface area contributed by atoms with Crippen molar-refractivity contribution in [3.8, 4) is 0 Å². The number of para-hydroxylation sites is 1. The molecule has 0 atom stereocenters. The third-order valence-corrected chi connectivity index (χ3v) is 4.14. The van der Waals surface area contributed by atoms with Crippen LogP contribution >= 0.6 is 0 Å². The van der Waals surface area contributed by atoms with E-state index in [1.54, 1.807) is 0 Å². The van der Waals surface area contributed by atoms with Crippen molar-refractivity contribution in [2.45, 2.75) is 32.2 Å². The van der Waals surface area contributed by atoms with E-state index in [0.717, 1.165) is 30.5 Å². The van der Waals surface area contributed by atoms with Gasteiger partial charge in [0, 0.05) is 30.0 Å². The first-order valence-corrected chi connectivity index (χ1v) is 7.88. The molecule has 1 aliphatic rings. The summed E-state index contributed by atoms with van der Waals surface area (Å²) in [6, 6.07) is 10.4. The number of H-pyrrole nitrogens is 1. The Morgan fingerprint density at radius 1 is 1.33 bits per heavy atom. The van der Waals surface area contributed by atoms with Gasteiger partial charge in [-0.3, -0.25) is 4.79 Å². The smallest absolute Gasteiger partial charge is 0.270 e. The molecule has 1 saturated heterocycles. The molecule has 3 rings (SSSR count). The summed E-state index contributed by atoms with van der Waals surface area (Å²) in [4.78, 5) is 17.5. The Morgan fingerprint density at radius 3 is 2.90 bits per heavy atom. The third kappa shape index (κ3) is 3.10. The van der Waals surface area contributed by atoms with Crippen LogP contribution in [0.15, 0.2) is 30.3 Å². The molecule has 0 unspecified atom stereocenters. The van der Waals surface area contributed by atoms with Gasteiger partial charge in [-0.15, -0.1) is 0 Å². The molecule has 0 saturated carbocycles. The predicted octanol–water partition coefficient (Wildman–Crippen LogP) is 2.77. The maximum absolute atomic E-state index is 12.4. The molecule has 1 fully saturated rings. The van der Waals surface area contributed by atoms with E-state index in [-0.39, 0.29) is 5.91 Å². The van der Waals surface area contributed by atoms with E-state index in [2.05, 4.69) is 17.2 Å². The molecule has 0 spiro atoms. The number of nitrogens with zero attached hydrogens (tertiary/aromatic N) is 1. The highest BCUT2D eigenvalue weighted by molar-refractivity contribution is 5.98. The molecular formula is C17H23N3O. The normalized spacial score (nSPS) is 15.4. The molecule has 1 aromatic heterocycles. The molecule has 1 aromatic carbocycles. The lowest BCUT2D eigenvalue weighted by molar-refractivity contribution is 0.0562. The number of fused-ring (bicyclic) bond motifs is 1. The van der Waals surface area contributed by atoms with Crippen molar-refractivity contribution in [2.24, 2.45) is 0 Å². The van der Waals surface area contributed by atoms with Crippen molar-refractivity contribution < 1.29 is 4.79 Å². The van der Waals surface area contributed by atoms with Gasteiger partial charge in [-0.25, -0.2) is 0 Å². The lowest BCUT2D eigenvalue weighted by atomic mass is 10.1. The van der Waals surface area contributed by atoms with Crippen LogP contribution in [0.1, 0.15) is 36.7 Å². The molecule has 4 heteroatoms. The van der Waals surface area contributed by atoms with Crippen molar-refractivity contribution in [3.63, 3.8) is 0 Å². The largest absolute Gasteiger partial charge is 0.351 e. The molecule has 1 aliphatic heterocycles. The maximum Gasteiger partial charge on any atom is 0.270 e. The number of likely N-dealkylation sites (tertiary alicyclic amines) is 1. The fourth-order valence-corrected chi connectivity index (χ4v) is 2.81. The van der Waals surface area contributed by atoms with Gasteiger partial charge < -0.3 is 15.2 Å². The molecule has 112 valence electrons. The van der Waals surface area contributed by atoms with E-state index in [1.165, 1.54) is 19.3 Å². The van der Waals surface area contributed by atoms with Crippen LogP contribution in [0.4, 0.5) is 0 Å². The second-order valence-corrected chi connectivity index (χ2v) is 5.84. The fraction of sp³-hybridized carbons (Fsp3) is 0.471. The Labute approximate surface area is 125 Å². The Hall–Kier alpha value is -1.81. The van der Waals surface area contributed by atoms with Crippen LogP contribution in [0.2, 0.25) is 0 Å². The van der Waals surface area contributed by atoms with Crippen LogP contribution in [0.5, 0.6) is 0 Å². The minimum atomic E-state index is 0.109. The van der Waals surface area contributed by atoms with Gasteiger partial charge in [0.1, 0.15) is 5.69 Å². The molecule has 0 aliphatic carbocycles. The average Bonchev–Trinajstić information content (AvgIpc) is 2.88. The zero-order valence-corrected chi connectivity index (χ0v) is 12.6. The first-order chi connectivity index (χ1) is 10.3. The molecule has 2 N–H and O–H groups in total. The van der Waals surface area contributed by atoms with Gasteiger partial charge in [-0.2, -0.15) is 0 Å². The third-order valence-electron chi connectivity index (χ3n) is 4.14. The fourth-order valence-electron chi connectivity index (χ4n) is 2.81. The summed E-state index contributed by atoms with van der Waals surface area (Å²) in [5.74, 6) is 0.109. The Morgan fingerprint density at radius 2 is 2.14 bits per heavy atom. The summed E-state index contributed by atoms with van der Waals surface area (Å²) in [6.07, 6.45) is 3.75. The maximum atomic E-state index is 12.4. The van der Waals surface area contributed by atoms with Gasteiger partial charge >= 0.3 is 0 Å². The number of carbonyl (C=O) groups excluding carboxylic acids is 1. The second-order valence-electron chi connectivity index (χ2n) is 5.84. The summed E-state index contributed by atoms with van der Waals surface area (Å²) in [5, 5.41) is 4.61. The lowest BCUT2D eigenvalue weighted by Gasteiger charge is -2.39. The standard InChI is InChI=1S/C17H23N3O/c1-2-3-6-9-18-14-11-20(12-14)17(21)16-10-13-7-4-5-8-15(13)19-16/h4-5,7-8,10,14,18-19H,2-3,6,9,11-12H2,1H3. The first kappa shape index (κ1) is 14.1. The Balaban J connectivity index is 1.51. The number of amides is 1. The zero-order valence-electron chi connectivity index (χ0n) is 12.6. The van der Waals surface area contributed by atoms with Crippen LogP contribution in [0.25, 0.3) is 10.9 Å². The minimum absolute atomic E-state index is 0.109. The minimum Gasteiger partial charge on any atom is -0.351 e. The number of hydrogen-bond donors (Lipinski definition) is 2. The van der Waals surface area contributed by atoms with Gasteiger partial charge in [-0.05, 0) is 25.1 Å². The molecule has 2 heterocycles. The molecule has 2 aromatic rings. The van der Waals surface area contributed by atoms with E-state index in [4.69, 9.17) is 0 Å². The number of aromatic nitrogens is 1. The Bertz CT molecular complexity index is 580. The van der Waals surface area contributed by atoms with Crippen LogP contribution < -0.4 is 5.32 Å². The summed E-state index contributed by atoms with van der Waals surface area (Å²) in [5.41, 5.74) is 1.72.